The normalized spacial score (nSPS) is 11.9. The molecular formula is C31H42N8O6Si. The second-order valence-corrected chi connectivity index (χ2v) is 17.9. The zero-order valence-corrected chi connectivity index (χ0v) is 28.6. The van der Waals surface area contributed by atoms with Gasteiger partial charge in [-0.3, -0.25) is 23.2 Å². The maximum absolute atomic E-state index is 13.8. The Morgan fingerprint density at radius 2 is 1.74 bits per heavy atom. The number of rotatable bonds is 15. The van der Waals surface area contributed by atoms with Gasteiger partial charge in [-0.25, -0.2) is 9.78 Å². The summed E-state index contributed by atoms with van der Waals surface area (Å²) in [6, 6.07) is 10.0. The number of imidazole rings is 1. The highest BCUT2D eigenvalue weighted by atomic mass is 28.3. The number of hydrogen-bond donors (Lipinski definition) is 0. The van der Waals surface area contributed by atoms with Gasteiger partial charge in [-0.1, -0.05) is 44.7 Å². The Balaban J connectivity index is 1.49. The molecule has 0 fully saturated rings. The van der Waals surface area contributed by atoms with Crippen molar-refractivity contribution in [1.82, 2.24) is 38.6 Å². The minimum Gasteiger partial charge on any atom is -0.497 e. The first-order valence-corrected chi connectivity index (χ1v) is 19.2. The largest absolute Gasteiger partial charge is 0.497 e. The molecule has 0 radical (unpaired) electrons. The van der Waals surface area contributed by atoms with E-state index in [-0.39, 0.29) is 24.6 Å². The molecule has 0 spiro atoms. The van der Waals surface area contributed by atoms with Crippen LogP contribution in [0.5, 0.6) is 11.6 Å². The standard InChI is InChI=1S/C31H42N8O6Si/c1-8-13-37-28-26(30(40)38(14-9-2)31(37)41)39(20-43-15-16-46(5,6)7)27(33-28)23-18-25(34-36(23)3)44-19-24-32-29(45-35-24)21-11-10-12-22(17-21)42-4/h10-12,17-18H,8-9,13-16,19-20H2,1-7H3. The molecule has 0 bridgehead atoms. The van der Waals surface area contributed by atoms with Crippen LogP contribution in [0.4, 0.5) is 0 Å². The van der Waals surface area contributed by atoms with Crippen LogP contribution in [0, 0.1) is 0 Å². The Kier molecular flexibility index (Phi) is 9.91. The minimum atomic E-state index is -1.35. The van der Waals surface area contributed by atoms with E-state index in [2.05, 4.69) is 34.9 Å². The van der Waals surface area contributed by atoms with Gasteiger partial charge in [0.1, 0.15) is 18.2 Å². The second-order valence-electron chi connectivity index (χ2n) is 12.3. The molecule has 0 aliphatic heterocycles. The SMILES string of the molecule is CCCn1c(=O)c2c(nc(-c3cc(OCc4noc(-c5cccc(OC)c5)n4)nn3C)n2COCC[Si](C)(C)C)n(CCC)c1=O. The molecular weight excluding hydrogens is 608 g/mol. The van der Waals surface area contributed by atoms with E-state index in [0.717, 1.165) is 11.6 Å². The van der Waals surface area contributed by atoms with Crippen LogP contribution in [0.15, 0.2) is 44.4 Å². The molecule has 4 aromatic heterocycles. The first-order chi connectivity index (χ1) is 22.0. The van der Waals surface area contributed by atoms with Crippen molar-refractivity contribution in [3.8, 4) is 34.6 Å². The summed E-state index contributed by atoms with van der Waals surface area (Å²) in [6.45, 7) is 12.2. The van der Waals surface area contributed by atoms with Crippen molar-refractivity contribution < 1.29 is 18.7 Å². The van der Waals surface area contributed by atoms with E-state index >= 15 is 0 Å². The van der Waals surface area contributed by atoms with Crippen molar-refractivity contribution >= 4 is 19.2 Å². The van der Waals surface area contributed by atoms with Crippen molar-refractivity contribution in [2.24, 2.45) is 7.05 Å². The fraction of sp³-hybridized carbons (Fsp3) is 0.484. The number of ether oxygens (including phenoxy) is 3. The third-order valence-electron chi connectivity index (χ3n) is 7.45. The lowest BCUT2D eigenvalue weighted by atomic mass is 10.2. The van der Waals surface area contributed by atoms with Crippen molar-refractivity contribution in [2.45, 2.75) is 78.8 Å². The molecule has 0 N–H and O–H groups in total. The van der Waals surface area contributed by atoms with Gasteiger partial charge in [0.25, 0.3) is 11.4 Å². The Hall–Kier alpha value is -4.50. The molecule has 5 rings (SSSR count). The highest BCUT2D eigenvalue weighted by Gasteiger charge is 2.25. The van der Waals surface area contributed by atoms with Crippen LogP contribution in [0.25, 0.3) is 34.1 Å². The first kappa shape index (κ1) is 32.9. The van der Waals surface area contributed by atoms with E-state index in [1.54, 1.807) is 40.1 Å². The lowest BCUT2D eigenvalue weighted by Gasteiger charge is -2.16. The number of aromatic nitrogens is 8. The second kappa shape index (κ2) is 13.9. The average Bonchev–Trinajstić information content (AvgIpc) is 3.75. The molecule has 0 aliphatic carbocycles. The van der Waals surface area contributed by atoms with Gasteiger partial charge in [0, 0.05) is 46.4 Å². The van der Waals surface area contributed by atoms with Crippen LogP contribution >= 0.6 is 0 Å². The summed E-state index contributed by atoms with van der Waals surface area (Å²) in [7, 11) is 2.01. The van der Waals surface area contributed by atoms with Crippen LogP contribution < -0.4 is 20.7 Å². The topological polar surface area (TPSA) is 146 Å². The fourth-order valence-electron chi connectivity index (χ4n) is 5.04. The summed E-state index contributed by atoms with van der Waals surface area (Å²) in [5.74, 6) is 2.11. The average molecular weight is 651 g/mol. The van der Waals surface area contributed by atoms with Crippen LogP contribution in [0.1, 0.15) is 32.5 Å². The Bertz CT molecular complexity index is 1930. The number of benzene rings is 1. The summed E-state index contributed by atoms with van der Waals surface area (Å²) in [5, 5.41) is 8.56. The van der Waals surface area contributed by atoms with E-state index in [4.69, 9.17) is 23.7 Å². The molecule has 46 heavy (non-hydrogen) atoms. The third-order valence-corrected chi connectivity index (χ3v) is 9.15. The van der Waals surface area contributed by atoms with Crippen molar-refractivity contribution in [3.05, 3.63) is 57.0 Å². The summed E-state index contributed by atoms with van der Waals surface area (Å²) in [5.41, 5.74) is 1.22. The number of methoxy groups -OCH3 is 1. The van der Waals surface area contributed by atoms with E-state index < -0.39 is 8.07 Å². The molecule has 0 unspecified atom stereocenters. The van der Waals surface area contributed by atoms with Gasteiger partial charge in [-0.05, 0) is 37.1 Å². The van der Waals surface area contributed by atoms with E-state index in [1.165, 1.54) is 4.57 Å². The number of fused-ring (bicyclic) bond motifs is 1. The van der Waals surface area contributed by atoms with E-state index in [1.807, 2.05) is 32.0 Å². The van der Waals surface area contributed by atoms with Crippen molar-refractivity contribution in [1.29, 1.82) is 0 Å². The Labute approximate surface area is 267 Å². The molecule has 14 nitrogen and oxygen atoms in total. The lowest BCUT2D eigenvalue weighted by Crippen LogP contribution is -2.40. The number of nitrogens with zero attached hydrogens (tertiary/aromatic N) is 8. The van der Waals surface area contributed by atoms with E-state index in [0.29, 0.717) is 78.6 Å². The van der Waals surface area contributed by atoms with Gasteiger partial charge in [-0.15, -0.1) is 5.10 Å². The summed E-state index contributed by atoms with van der Waals surface area (Å²) >= 11 is 0. The number of hydrogen-bond acceptors (Lipinski definition) is 10. The molecule has 1 aromatic carbocycles. The highest BCUT2D eigenvalue weighted by Crippen LogP contribution is 2.27. The van der Waals surface area contributed by atoms with Crippen molar-refractivity contribution in [3.63, 3.8) is 0 Å². The smallest absolute Gasteiger partial charge is 0.332 e. The molecule has 0 saturated heterocycles. The zero-order valence-electron chi connectivity index (χ0n) is 27.6. The minimum absolute atomic E-state index is 0.0118. The van der Waals surface area contributed by atoms with Crippen molar-refractivity contribution in [2.75, 3.05) is 13.7 Å². The first-order valence-electron chi connectivity index (χ1n) is 15.5. The monoisotopic (exact) mass is 650 g/mol. The van der Waals surface area contributed by atoms with Crippen LogP contribution in [-0.4, -0.2) is 60.4 Å². The van der Waals surface area contributed by atoms with Gasteiger partial charge in [0.15, 0.2) is 23.6 Å². The quantitative estimate of drug-likeness (QED) is 0.117. The highest BCUT2D eigenvalue weighted by molar-refractivity contribution is 6.76. The molecule has 0 aliphatic rings. The summed E-state index contributed by atoms with van der Waals surface area (Å²) in [6.07, 6.45) is 1.35. The Morgan fingerprint density at radius 3 is 2.46 bits per heavy atom. The molecule has 0 saturated carbocycles. The molecule has 0 amide bonds. The van der Waals surface area contributed by atoms with Gasteiger partial charge in [-0.2, -0.15) is 4.98 Å². The maximum Gasteiger partial charge on any atom is 0.332 e. The lowest BCUT2D eigenvalue weighted by molar-refractivity contribution is 0.0906. The molecule has 0 atom stereocenters. The molecule has 15 heteroatoms. The maximum atomic E-state index is 13.8. The van der Waals surface area contributed by atoms with Gasteiger partial charge < -0.3 is 18.7 Å². The Morgan fingerprint density at radius 1 is 0.978 bits per heavy atom. The van der Waals surface area contributed by atoms with Crippen LogP contribution in [0.3, 0.4) is 0 Å². The predicted octanol–water partition coefficient (Wildman–Crippen LogP) is 4.53. The fourth-order valence-corrected chi connectivity index (χ4v) is 5.79. The summed E-state index contributed by atoms with van der Waals surface area (Å²) in [4.78, 5) is 36.5. The molecule has 4 heterocycles. The predicted molar refractivity (Wildman–Crippen MR) is 176 cm³/mol. The number of aryl methyl sites for hydroxylation is 2. The molecule has 5 aromatic rings. The van der Waals surface area contributed by atoms with E-state index in [9.17, 15) is 9.59 Å². The van der Waals surface area contributed by atoms with Crippen LogP contribution in [-0.2, 0) is 38.2 Å². The van der Waals surface area contributed by atoms with Gasteiger partial charge >= 0.3 is 5.69 Å². The summed E-state index contributed by atoms with van der Waals surface area (Å²) < 4.78 is 29.0. The van der Waals surface area contributed by atoms with Gasteiger partial charge in [0.05, 0.1) is 7.11 Å². The third kappa shape index (κ3) is 6.99. The zero-order chi connectivity index (χ0) is 33.0. The van der Waals surface area contributed by atoms with Crippen LogP contribution in [0.2, 0.25) is 25.7 Å². The van der Waals surface area contributed by atoms with Gasteiger partial charge in [0.2, 0.25) is 11.7 Å². The molecule has 246 valence electrons.